The Morgan fingerprint density at radius 2 is 2.05 bits per heavy atom. The Morgan fingerprint density at radius 3 is 2.63 bits per heavy atom. The Hall–Kier alpha value is -2.17. The van der Waals surface area contributed by atoms with Gasteiger partial charge in [-0.1, -0.05) is 11.6 Å². The van der Waals surface area contributed by atoms with Crippen molar-refractivity contribution in [1.82, 2.24) is 4.90 Å². The Morgan fingerprint density at radius 1 is 1.37 bits per heavy atom. The maximum absolute atomic E-state index is 12.3. The first-order chi connectivity index (χ1) is 8.95. The molecule has 0 unspecified atom stereocenters. The third-order valence-electron chi connectivity index (χ3n) is 3.05. The Labute approximate surface area is 112 Å². The maximum Gasteiger partial charge on any atom is 0.343 e. The lowest BCUT2D eigenvalue weighted by Gasteiger charge is -2.13. The van der Waals surface area contributed by atoms with Gasteiger partial charge in [-0.2, -0.15) is 4.99 Å². The highest BCUT2D eigenvalue weighted by Crippen LogP contribution is 2.30. The quantitative estimate of drug-likeness (QED) is 0.772. The molecule has 0 atom stereocenters. The summed E-state index contributed by atoms with van der Waals surface area (Å²) in [6, 6.07) is 5.32. The minimum absolute atomic E-state index is 0.210. The van der Waals surface area contributed by atoms with E-state index in [9.17, 15) is 9.59 Å². The number of aliphatic imine (C=N–C) groups is 1. The van der Waals surface area contributed by atoms with E-state index in [1.807, 2.05) is 32.0 Å². The number of carbonyl (C=O) groups excluding carboxylic acids is 2. The predicted octanol–water partition coefficient (Wildman–Crippen LogP) is 1.83. The van der Waals surface area contributed by atoms with Gasteiger partial charge in [0, 0.05) is 26.2 Å². The molecule has 1 aliphatic heterocycles. The molecule has 0 aromatic heterocycles. The van der Waals surface area contributed by atoms with E-state index in [-0.39, 0.29) is 11.6 Å². The smallest absolute Gasteiger partial charge is 0.329 e. The van der Waals surface area contributed by atoms with Crippen LogP contribution in [-0.4, -0.2) is 43.2 Å². The van der Waals surface area contributed by atoms with Crippen molar-refractivity contribution in [1.29, 1.82) is 0 Å². The van der Waals surface area contributed by atoms with Crippen LogP contribution >= 0.6 is 0 Å². The van der Waals surface area contributed by atoms with Crippen LogP contribution in [-0.2, 0) is 4.79 Å². The summed E-state index contributed by atoms with van der Waals surface area (Å²) in [5.41, 5.74) is 2.83. The Balaban J connectivity index is 2.56. The van der Waals surface area contributed by atoms with Crippen LogP contribution in [0.5, 0.6) is 0 Å². The van der Waals surface area contributed by atoms with Crippen LogP contribution < -0.4 is 4.90 Å². The van der Waals surface area contributed by atoms with Gasteiger partial charge in [0.1, 0.15) is 5.71 Å². The van der Waals surface area contributed by atoms with Gasteiger partial charge in [0.05, 0.1) is 5.69 Å². The topological polar surface area (TPSA) is 53.0 Å². The molecular formula is C14H17N3O2. The van der Waals surface area contributed by atoms with E-state index in [0.717, 1.165) is 16.8 Å². The van der Waals surface area contributed by atoms with E-state index in [1.165, 1.54) is 4.90 Å². The summed E-state index contributed by atoms with van der Waals surface area (Å²) in [5, 5.41) is 0. The third kappa shape index (κ3) is 2.23. The molecule has 1 aromatic rings. The average molecular weight is 259 g/mol. The molecule has 5 nitrogen and oxygen atoms in total. The fourth-order valence-electron chi connectivity index (χ4n) is 2.05. The first kappa shape index (κ1) is 13.3. The monoisotopic (exact) mass is 259 g/mol. The summed E-state index contributed by atoms with van der Waals surface area (Å²) in [6.07, 6.45) is 0. The van der Waals surface area contributed by atoms with Gasteiger partial charge in [-0.25, -0.2) is 4.79 Å². The molecule has 0 radical (unpaired) electrons. The predicted molar refractivity (Wildman–Crippen MR) is 74.8 cm³/mol. The number of urea groups is 1. The van der Waals surface area contributed by atoms with Gasteiger partial charge in [-0.15, -0.1) is 0 Å². The zero-order valence-corrected chi connectivity index (χ0v) is 11.6. The summed E-state index contributed by atoms with van der Waals surface area (Å²) < 4.78 is 0. The number of rotatable bonds is 1. The Kier molecular flexibility index (Phi) is 3.38. The number of amides is 3. The van der Waals surface area contributed by atoms with Gasteiger partial charge < -0.3 is 9.80 Å². The number of hydrogen-bond acceptors (Lipinski definition) is 2. The molecule has 0 fully saturated rings. The van der Waals surface area contributed by atoms with Crippen LogP contribution in [0.2, 0.25) is 0 Å². The van der Waals surface area contributed by atoms with E-state index >= 15 is 0 Å². The SMILES string of the molecule is CCN1C(=O)/C(=N\C(=O)N(C)C)c2cc(C)ccc21. The Bertz CT molecular complexity index is 576. The molecule has 0 saturated heterocycles. The molecule has 1 aliphatic rings. The molecule has 0 spiro atoms. The van der Waals surface area contributed by atoms with Crippen molar-refractivity contribution < 1.29 is 9.59 Å². The van der Waals surface area contributed by atoms with Gasteiger partial charge in [-0.05, 0) is 26.0 Å². The zero-order valence-electron chi connectivity index (χ0n) is 11.6. The molecule has 0 bridgehead atoms. The van der Waals surface area contributed by atoms with Crippen LogP contribution in [0.25, 0.3) is 0 Å². The first-order valence-electron chi connectivity index (χ1n) is 6.18. The third-order valence-corrected chi connectivity index (χ3v) is 3.05. The molecule has 100 valence electrons. The maximum atomic E-state index is 12.3. The van der Waals surface area contributed by atoms with Gasteiger partial charge in [-0.3, -0.25) is 4.79 Å². The van der Waals surface area contributed by atoms with Crippen LogP contribution in [0.4, 0.5) is 10.5 Å². The number of benzene rings is 1. The van der Waals surface area contributed by atoms with E-state index in [0.29, 0.717) is 6.54 Å². The lowest BCUT2D eigenvalue weighted by molar-refractivity contribution is -0.112. The summed E-state index contributed by atoms with van der Waals surface area (Å²) in [5.74, 6) is -0.210. The molecule has 0 aliphatic carbocycles. The van der Waals surface area contributed by atoms with Crippen molar-refractivity contribution in [2.45, 2.75) is 13.8 Å². The van der Waals surface area contributed by atoms with Crippen molar-refractivity contribution in [2.75, 3.05) is 25.5 Å². The molecule has 2 rings (SSSR count). The van der Waals surface area contributed by atoms with E-state index in [4.69, 9.17) is 0 Å². The number of nitrogens with zero attached hydrogens (tertiary/aromatic N) is 3. The second kappa shape index (κ2) is 4.84. The van der Waals surface area contributed by atoms with Crippen molar-refractivity contribution in [3.8, 4) is 0 Å². The van der Waals surface area contributed by atoms with Gasteiger partial charge in [0.25, 0.3) is 5.91 Å². The fraction of sp³-hybridized carbons (Fsp3) is 0.357. The van der Waals surface area contributed by atoms with Crippen LogP contribution in [0.3, 0.4) is 0 Å². The van der Waals surface area contributed by atoms with E-state index in [2.05, 4.69) is 4.99 Å². The lowest BCUT2D eigenvalue weighted by Crippen LogP contribution is -2.31. The summed E-state index contributed by atoms with van der Waals surface area (Å²) in [6.45, 7) is 4.41. The zero-order chi connectivity index (χ0) is 14.2. The molecule has 0 saturated carbocycles. The summed E-state index contributed by atoms with van der Waals surface area (Å²) in [7, 11) is 3.22. The number of aryl methyl sites for hydroxylation is 1. The van der Waals surface area contributed by atoms with Crippen LogP contribution in [0, 0.1) is 6.92 Å². The molecule has 1 heterocycles. The molecule has 5 heteroatoms. The van der Waals surface area contributed by atoms with Gasteiger partial charge in [0.2, 0.25) is 0 Å². The highest BCUT2D eigenvalue weighted by Gasteiger charge is 2.33. The van der Waals surface area contributed by atoms with Gasteiger partial charge in [0.15, 0.2) is 0 Å². The highest BCUT2D eigenvalue weighted by molar-refractivity contribution is 6.55. The van der Waals surface area contributed by atoms with E-state index < -0.39 is 6.03 Å². The number of anilines is 1. The molecule has 3 amide bonds. The molecule has 19 heavy (non-hydrogen) atoms. The van der Waals surface area contributed by atoms with Crippen LogP contribution in [0.15, 0.2) is 23.2 Å². The average Bonchev–Trinajstić information content (AvgIpc) is 2.61. The van der Waals surface area contributed by atoms with Crippen molar-refractivity contribution in [3.63, 3.8) is 0 Å². The van der Waals surface area contributed by atoms with Crippen molar-refractivity contribution in [2.24, 2.45) is 4.99 Å². The summed E-state index contributed by atoms with van der Waals surface area (Å²) in [4.78, 5) is 30.9. The van der Waals surface area contributed by atoms with Gasteiger partial charge >= 0.3 is 6.03 Å². The number of hydrogen-bond donors (Lipinski definition) is 0. The van der Waals surface area contributed by atoms with E-state index in [1.54, 1.807) is 19.0 Å². The standard InChI is InChI=1S/C14H17N3O2/c1-5-17-11-7-6-9(2)8-10(11)12(13(17)18)15-14(19)16(3)4/h6-8H,5H2,1-4H3/b15-12-. The normalized spacial score (nSPS) is 15.9. The molecular weight excluding hydrogens is 242 g/mol. The van der Waals surface area contributed by atoms with Crippen LogP contribution in [0.1, 0.15) is 18.1 Å². The second-order valence-corrected chi connectivity index (χ2v) is 4.71. The largest absolute Gasteiger partial charge is 0.343 e. The number of carbonyl (C=O) groups is 2. The second-order valence-electron chi connectivity index (χ2n) is 4.71. The highest BCUT2D eigenvalue weighted by atomic mass is 16.2. The number of fused-ring (bicyclic) bond motifs is 1. The first-order valence-corrected chi connectivity index (χ1v) is 6.18. The lowest BCUT2D eigenvalue weighted by atomic mass is 10.1. The van der Waals surface area contributed by atoms with Crippen molar-refractivity contribution >= 4 is 23.3 Å². The minimum Gasteiger partial charge on any atom is -0.329 e. The molecule has 0 N–H and O–H groups in total. The summed E-state index contributed by atoms with van der Waals surface area (Å²) >= 11 is 0. The minimum atomic E-state index is -0.422. The fourth-order valence-corrected chi connectivity index (χ4v) is 2.05. The molecule has 1 aromatic carbocycles. The number of likely N-dealkylation sites (N-methyl/N-ethyl adjacent to an activating group) is 1. The van der Waals surface area contributed by atoms with Crippen molar-refractivity contribution in [3.05, 3.63) is 29.3 Å².